The van der Waals surface area contributed by atoms with Crippen LogP contribution >= 0.6 is 11.6 Å². The van der Waals surface area contributed by atoms with Crippen LogP contribution in [0.5, 0.6) is 0 Å². The first kappa shape index (κ1) is 9.70. The fourth-order valence-corrected chi connectivity index (χ4v) is 1.57. The van der Waals surface area contributed by atoms with Crippen LogP contribution in [0.1, 0.15) is 0 Å². The predicted octanol–water partition coefficient (Wildman–Crippen LogP) is 3.95. The number of nitrogens with zero attached hydrogens (tertiary/aromatic N) is 2. The number of pyridine rings is 1. The summed E-state index contributed by atoms with van der Waals surface area (Å²) in [5, 5.41) is 0.395. The van der Waals surface area contributed by atoms with Gasteiger partial charge in [0, 0.05) is 18.0 Å². The summed E-state index contributed by atoms with van der Waals surface area (Å²) in [7, 11) is 0. The minimum Gasteiger partial charge on any atom is -0.265 e. The Labute approximate surface area is 93.0 Å². The van der Waals surface area contributed by atoms with E-state index in [1.165, 1.54) is 6.20 Å². The van der Waals surface area contributed by atoms with Crippen LogP contribution in [0.3, 0.4) is 0 Å². The summed E-state index contributed by atoms with van der Waals surface area (Å²) in [4.78, 5) is 7.42. The Morgan fingerprint density at radius 2 is 1.87 bits per heavy atom. The second-order valence-corrected chi connectivity index (χ2v) is 3.40. The molecule has 0 aliphatic heterocycles. The molecule has 0 amide bonds. The number of hydrogen-bond acceptors (Lipinski definition) is 1. The molecule has 0 spiro atoms. The molecule has 0 aliphatic carbocycles. The van der Waals surface area contributed by atoms with Gasteiger partial charge in [0.1, 0.15) is 0 Å². The van der Waals surface area contributed by atoms with Gasteiger partial charge in [0.25, 0.3) is 0 Å². The van der Waals surface area contributed by atoms with Gasteiger partial charge in [-0.3, -0.25) is 4.98 Å². The molecule has 0 aliphatic rings. The summed E-state index contributed by atoms with van der Waals surface area (Å²) in [6, 6.07) is 9.64. The molecule has 2 nitrogen and oxygen atoms in total. The molecule has 0 radical (unpaired) electrons. The van der Waals surface area contributed by atoms with Crippen molar-refractivity contribution in [2.45, 2.75) is 0 Å². The largest absolute Gasteiger partial charge is 0.265 e. The van der Waals surface area contributed by atoms with E-state index in [9.17, 15) is 0 Å². The Morgan fingerprint density at radius 3 is 2.53 bits per heavy atom. The lowest BCUT2D eigenvalue weighted by molar-refractivity contribution is 1.33. The van der Waals surface area contributed by atoms with Gasteiger partial charge in [-0.2, -0.15) is 0 Å². The molecule has 0 saturated heterocycles. The zero-order valence-corrected chi connectivity index (χ0v) is 8.57. The van der Waals surface area contributed by atoms with Crippen molar-refractivity contribution >= 4 is 17.3 Å². The summed E-state index contributed by atoms with van der Waals surface area (Å²) in [6.07, 6.45) is 3.15. The Morgan fingerprint density at radius 1 is 1.13 bits per heavy atom. The third kappa shape index (κ3) is 1.83. The van der Waals surface area contributed by atoms with Gasteiger partial charge in [0.15, 0.2) is 0 Å². The number of benzene rings is 1. The van der Waals surface area contributed by atoms with E-state index in [4.69, 9.17) is 18.2 Å². The van der Waals surface area contributed by atoms with Gasteiger partial charge in [-0.05, 0) is 5.56 Å². The van der Waals surface area contributed by atoms with E-state index in [0.29, 0.717) is 10.7 Å². The molecule has 3 heteroatoms. The number of rotatable bonds is 1. The number of aromatic nitrogens is 1. The topological polar surface area (TPSA) is 17.2 Å². The Balaban J connectivity index is 2.65. The molecule has 0 bridgehead atoms. The third-order valence-corrected chi connectivity index (χ3v) is 2.35. The minimum absolute atomic E-state index is 0.395. The molecule has 0 N–H and O–H groups in total. The van der Waals surface area contributed by atoms with E-state index in [2.05, 4.69) is 9.83 Å². The molecule has 1 heterocycles. The third-order valence-electron chi connectivity index (χ3n) is 2.07. The summed E-state index contributed by atoms with van der Waals surface area (Å²) in [5.41, 5.74) is 2.19. The lowest BCUT2D eigenvalue weighted by atomic mass is 10.1. The van der Waals surface area contributed by atoms with E-state index >= 15 is 0 Å². The fourth-order valence-electron chi connectivity index (χ4n) is 1.37. The minimum atomic E-state index is 0.395. The van der Waals surface area contributed by atoms with Crippen LogP contribution in [-0.4, -0.2) is 4.98 Å². The van der Waals surface area contributed by atoms with Gasteiger partial charge in [-0.1, -0.05) is 41.9 Å². The summed E-state index contributed by atoms with van der Waals surface area (Å²) in [5.74, 6) is 0. The lowest BCUT2D eigenvalue weighted by Gasteiger charge is -2.04. The standard InChI is InChI=1S/C12H7ClN2/c1-14-12-10(7-15-8-11(12)13)9-5-3-2-4-6-9/h2-8H. The second-order valence-electron chi connectivity index (χ2n) is 3.00. The van der Waals surface area contributed by atoms with Crippen molar-refractivity contribution in [3.8, 4) is 11.1 Å². The summed E-state index contributed by atoms with van der Waals surface area (Å²) in [6.45, 7) is 7.09. The van der Waals surface area contributed by atoms with Crippen molar-refractivity contribution in [3.05, 3.63) is 59.2 Å². The highest BCUT2D eigenvalue weighted by Crippen LogP contribution is 2.35. The van der Waals surface area contributed by atoms with Crippen molar-refractivity contribution in [2.24, 2.45) is 0 Å². The smallest absolute Gasteiger partial charge is 0.216 e. The van der Waals surface area contributed by atoms with E-state index < -0.39 is 0 Å². The van der Waals surface area contributed by atoms with E-state index in [0.717, 1.165) is 11.1 Å². The van der Waals surface area contributed by atoms with Gasteiger partial charge in [0.05, 0.1) is 11.6 Å². The SMILES string of the molecule is [C-]#[N+]c1c(Cl)cncc1-c1ccccc1. The van der Waals surface area contributed by atoms with Crippen molar-refractivity contribution in [2.75, 3.05) is 0 Å². The molecule has 0 fully saturated rings. The maximum Gasteiger partial charge on any atom is 0.216 e. The molecule has 0 saturated carbocycles. The molecule has 1 aromatic heterocycles. The lowest BCUT2D eigenvalue weighted by Crippen LogP contribution is -1.81. The van der Waals surface area contributed by atoms with Crippen LogP contribution in [0, 0.1) is 6.57 Å². The molecule has 0 unspecified atom stereocenters. The predicted molar refractivity (Wildman–Crippen MR) is 60.9 cm³/mol. The first-order chi connectivity index (χ1) is 7.33. The Kier molecular flexibility index (Phi) is 2.66. The Bertz CT molecular complexity index is 515. The molecule has 1 aromatic carbocycles. The molecular weight excluding hydrogens is 208 g/mol. The highest BCUT2D eigenvalue weighted by atomic mass is 35.5. The van der Waals surface area contributed by atoms with E-state index in [1.807, 2.05) is 30.3 Å². The summed E-state index contributed by atoms with van der Waals surface area (Å²) >= 11 is 5.90. The number of hydrogen-bond donors (Lipinski definition) is 0. The van der Waals surface area contributed by atoms with Gasteiger partial charge < -0.3 is 0 Å². The van der Waals surface area contributed by atoms with Crippen molar-refractivity contribution in [1.82, 2.24) is 4.98 Å². The normalized spacial score (nSPS) is 9.60. The van der Waals surface area contributed by atoms with Gasteiger partial charge in [-0.25, -0.2) is 4.85 Å². The first-order valence-corrected chi connectivity index (χ1v) is 4.77. The Hall–Kier alpha value is -1.85. The van der Waals surface area contributed by atoms with E-state index in [1.54, 1.807) is 6.20 Å². The molecule has 2 aromatic rings. The van der Waals surface area contributed by atoms with Gasteiger partial charge >= 0.3 is 0 Å². The molecule has 15 heavy (non-hydrogen) atoms. The number of halogens is 1. The maximum atomic E-state index is 7.09. The van der Waals surface area contributed by atoms with Crippen LogP contribution < -0.4 is 0 Å². The zero-order valence-electron chi connectivity index (χ0n) is 7.81. The maximum absolute atomic E-state index is 7.09. The summed E-state index contributed by atoms with van der Waals surface area (Å²) < 4.78 is 0. The average Bonchev–Trinajstić information content (AvgIpc) is 2.30. The van der Waals surface area contributed by atoms with Crippen LogP contribution in [0.15, 0.2) is 42.7 Å². The molecular formula is C12H7ClN2. The highest BCUT2D eigenvalue weighted by Gasteiger charge is 2.08. The van der Waals surface area contributed by atoms with E-state index in [-0.39, 0.29) is 0 Å². The molecule has 0 atom stereocenters. The molecule has 72 valence electrons. The quantitative estimate of drug-likeness (QED) is 0.657. The zero-order chi connectivity index (χ0) is 10.7. The van der Waals surface area contributed by atoms with Crippen molar-refractivity contribution in [3.63, 3.8) is 0 Å². The second kappa shape index (κ2) is 4.12. The van der Waals surface area contributed by atoms with Crippen molar-refractivity contribution in [1.29, 1.82) is 0 Å². The fraction of sp³-hybridized carbons (Fsp3) is 0. The molecule has 2 rings (SSSR count). The highest BCUT2D eigenvalue weighted by molar-refractivity contribution is 6.33. The van der Waals surface area contributed by atoms with Crippen LogP contribution in [0.2, 0.25) is 5.02 Å². The van der Waals surface area contributed by atoms with Gasteiger partial charge in [-0.15, -0.1) is 0 Å². The average molecular weight is 215 g/mol. The van der Waals surface area contributed by atoms with Crippen LogP contribution in [0.4, 0.5) is 5.69 Å². The van der Waals surface area contributed by atoms with Crippen LogP contribution in [-0.2, 0) is 0 Å². The first-order valence-electron chi connectivity index (χ1n) is 4.39. The van der Waals surface area contributed by atoms with Crippen LogP contribution in [0.25, 0.3) is 16.0 Å². The van der Waals surface area contributed by atoms with Gasteiger partial charge in [0.2, 0.25) is 5.69 Å². The monoisotopic (exact) mass is 214 g/mol. The van der Waals surface area contributed by atoms with Crippen molar-refractivity contribution < 1.29 is 0 Å².